The minimum Gasteiger partial charge on any atom is -0.462 e. The van der Waals surface area contributed by atoms with Gasteiger partial charge in [0, 0.05) is 11.6 Å². The maximum absolute atomic E-state index is 12.8. The predicted octanol–water partition coefficient (Wildman–Crippen LogP) is 2.44. The Balaban J connectivity index is 1.81. The van der Waals surface area contributed by atoms with E-state index in [4.69, 9.17) is 20.8 Å². The van der Waals surface area contributed by atoms with E-state index in [1.807, 2.05) is 0 Å². The smallest absolute Gasteiger partial charge is 0.342 e. The molecule has 0 saturated heterocycles. The average molecular weight is 404 g/mol. The van der Waals surface area contributed by atoms with E-state index in [0.29, 0.717) is 11.6 Å². The van der Waals surface area contributed by atoms with Gasteiger partial charge >= 0.3 is 5.97 Å². The number of hydrogen-bond donors (Lipinski definition) is 1. The van der Waals surface area contributed by atoms with Crippen LogP contribution in [0.5, 0.6) is 0 Å². The van der Waals surface area contributed by atoms with Crippen molar-refractivity contribution in [2.45, 2.75) is 26.9 Å². The minimum absolute atomic E-state index is 0.00366. The lowest BCUT2D eigenvalue weighted by atomic mass is 10.2. The molecule has 1 amide bonds. The van der Waals surface area contributed by atoms with Crippen molar-refractivity contribution in [3.63, 3.8) is 0 Å². The van der Waals surface area contributed by atoms with Crippen LogP contribution >= 0.6 is 11.6 Å². The van der Waals surface area contributed by atoms with E-state index in [9.17, 15) is 14.4 Å². The molecule has 146 valence electrons. The van der Waals surface area contributed by atoms with Gasteiger partial charge in [-0.1, -0.05) is 23.7 Å². The summed E-state index contributed by atoms with van der Waals surface area (Å²) in [6, 6.07) is 7.04. The van der Waals surface area contributed by atoms with Gasteiger partial charge in [-0.15, -0.1) is 0 Å². The number of carbonyl (C=O) groups is 2. The number of amides is 1. The monoisotopic (exact) mass is 403 g/mol. The molecule has 0 saturated carbocycles. The van der Waals surface area contributed by atoms with Gasteiger partial charge in [-0.05, 0) is 31.5 Å². The van der Waals surface area contributed by atoms with Gasteiger partial charge in [0.25, 0.3) is 5.56 Å². The number of benzene rings is 1. The van der Waals surface area contributed by atoms with Crippen molar-refractivity contribution >= 4 is 34.6 Å². The van der Waals surface area contributed by atoms with Gasteiger partial charge in [0.05, 0.1) is 6.61 Å². The van der Waals surface area contributed by atoms with Crippen molar-refractivity contribution in [1.29, 1.82) is 0 Å². The second-order valence-corrected chi connectivity index (χ2v) is 6.45. The van der Waals surface area contributed by atoms with E-state index in [-0.39, 0.29) is 41.5 Å². The molecular weight excluding hydrogens is 386 g/mol. The zero-order chi connectivity index (χ0) is 20.3. The number of aryl methyl sites for hydroxylation is 1. The number of ether oxygens (including phenoxy) is 1. The number of carbonyl (C=O) groups excluding carboxylic acids is 2. The Labute approximate surface area is 165 Å². The van der Waals surface area contributed by atoms with Crippen LogP contribution in [-0.2, 0) is 22.6 Å². The Bertz CT molecular complexity index is 1090. The van der Waals surface area contributed by atoms with Gasteiger partial charge in [-0.25, -0.2) is 9.78 Å². The van der Waals surface area contributed by atoms with Gasteiger partial charge in [-0.2, -0.15) is 0 Å². The lowest BCUT2D eigenvalue weighted by molar-refractivity contribution is -0.121. The summed E-state index contributed by atoms with van der Waals surface area (Å²) in [6.07, 6.45) is 1.21. The fourth-order valence-electron chi connectivity index (χ4n) is 2.71. The summed E-state index contributed by atoms with van der Waals surface area (Å²) < 4.78 is 11.5. The topological polar surface area (TPSA) is 103 Å². The van der Waals surface area contributed by atoms with E-state index < -0.39 is 11.5 Å². The van der Waals surface area contributed by atoms with Gasteiger partial charge in [0.1, 0.15) is 29.6 Å². The molecule has 8 nitrogen and oxygen atoms in total. The van der Waals surface area contributed by atoms with Crippen LogP contribution in [0.25, 0.3) is 11.1 Å². The lowest BCUT2D eigenvalue weighted by Crippen LogP contribution is -2.32. The number of aromatic nitrogens is 2. The van der Waals surface area contributed by atoms with Crippen molar-refractivity contribution in [1.82, 2.24) is 14.9 Å². The molecule has 1 aromatic carbocycles. The normalized spacial score (nSPS) is 10.8. The first-order chi connectivity index (χ1) is 13.4. The van der Waals surface area contributed by atoms with E-state index in [0.717, 1.165) is 10.1 Å². The summed E-state index contributed by atoms with van der Waals surface area (Å²) in [7, 11) is 0. The third kappa shape index (κ3) is 4.07. The zero-order valence-corrected chi connectivity index (χ0v) is 16.1. The van der Waals surface area contributed by atoms with E-state index in [1.54, 1.807) is 38.1 Å². The van der Waals surface area contributed by atoms with E-state index >= 15 is 0 Å². The van der Waals surface area contributed by atoms with Crippen LogP contribution in [0.2, 0.25) is 5.02 Å². The minimum atomic E-state index is -0.664. The van der Waals surface area contributed by atoms with Crippen LogP contribution < -0.4 is 10.9 Å². The summed E-state index contributed by atoms with van der Waals surface area (Å²) in [4.78, 5) is 41.2. The number of nitrogens with zero attached hydrogens (tertiary/aromatic N) is 2. The van der Waals surface area contributed by atoms with Crippen LogP contribution in [-0.4, -0.2) is 28.0 Å². The highest BCUT2D eigenvalue weighted by Crippen LogP contribution is 2.21. The SMILES string of the molecule is CCOC(=O)c1c(C)oc2ncn(CC(=O)NCc3ccc(Cl)cc3)c(=O)c12. The Morgan fingerprint density at radius 1 is 1.29 bits per heavy atom. The molecule has 0 fully saturated rings. The first-order valence-corrected chi connectivity index (χ1v) is 8.95. The highest BCUT2D eigenvalue weighted by atomic mass is 35.5. The molecule has 2 heterocycles. The Morgan fingerprint density at radius 3 is 2.68 bits per heavy atom. The van der Waals surface area contributed by atoms with Crippen LogP contribution in [0.1, 0.15) is 28.6 Å². The molecule has 0 aliphatic carbocycles. The number of furan rings is 1. The van der Waals surface area contributed by atoms with E-state index in [2.05, 4.69) is 10.3 Å². The Morgan fingerprint density at radius 2 is 2.00 bits per heavy atom. The summed E-state index contributed by atoms with van der Waals surface area (Å²) in [5.41, 5.74) is 0.383. The number of rotatable bonds is 6. The molecule has 9 heteroatoms. The number of hydrogen-bond acceptors (Lipinski definition) is 6. The molecule has 0 radical (unpaired) electrons. The molecule has 2 aromatic heterocycles. The second-order valence-electron chi connectivity index (χ2n) is 6.01. The molecule has 0 unspecified atom stereocenters. The second kappa shape index (κ2) is 8.26. The molecule has 28 heavy (non-hydrogen) atoms. The van der Waals surface area contributed by atoms with Gasteiger partial charge in [0.15, 0.2) is 0 Å². The van der Waals surface area contributed by atoms with Crippen LogP contribution in [0.15, 0.2) is 39.8 Å². The zero-order valence-electron chi connectivity index (χ0n) is 15.3. The van der Waals surface area contributed by atoms with Crippen LogP contribution in [0.3, 0.4) is 0 Å². The standard InChI is InChI=1S/C19H18ClN3O5/c1-3-27-19(26)15-11(2)28-17-16(15)18(25)23(10-22-17)9-14(24)21-8-12-4-6-13(20)7-5-12/h4-7,10H,3,8-9H2,1-2H3,(H,21,24). The van der Waals surface area contributed by atoms with Gasteiger partial charge in [-0.3, -0.25) is 14.2 Å². The molecule has 1 N–H and O–H groups in total. The fourth-order valence-corrected chi connectivity index (χ4v) is 2.84. The molecule has 0 aliphatic heterocycles. The number of fused-ring (bicyclic) bond motifs is 1. The van der Waals surface area contributed by atoms with Crippen molar-refractivity contribution in [2.75, 3.05) is 6.61 Å². The highest BCUT2D eigenvalue weighted by molar-refractivity contribution is 6.30. The predicted molar refractivity (Wildman–Crippen MR) is 102 cm³/mol. The molecule has 0 bridgehead atoms. The highest BCUT2D eigenvalue weighted by Gasteiger charge is 2.24. The first-order valence-electron chi connectivity index (χ1n) is 8.57. The molecule has 0 spiro atoms. The molecule has 3 rings (SSSR count). The third-order valence-corrected chi connectivity index (χ3v) is 4.30. The van der Waals surface area contributed by atoms with Crippen molar-refractivity contribution in [3.8, 4) is 0 Å². The average Bonchev–Trinajstić information content (AvgIpc) is 3.00. The quantitative estimate of drug-likeness (QED) is 0.634. The summed E-state index contributed by atoms with van der Waals surface area (Å²) in [6.45, 7) is 3.42. The molecule has 0 atom stereocenters. The van der Waals surface area contributed by atoms with Crippen molar-refractivity contribution in [2.24, 2.45) is 0 Å². The summed E-state index contributed by atoms with van der Waals surface area (Å²) in [5.74, 6) is -0.804. The molecule has 3 aromatic rings. The molecule has 0 aliphatic rings. The van der Waals surface area contributed by atoms with Crippen LogP contribution in [0.4, 0.5) is 0 Å². The van der Waals surface area contributed by atoms with Gasteiger partial charge < -0.3 is 14.5 Å². The van der Waals surface area contributed by atoms with Crippen LogP contribution in [0, 0.1) is 6.92 Å². The largest absolute Gasteiger partial charge is 0.462 e. The first kappa shape index (κ1) is 19.6. The third-order valence-electron chi connectivity index (χ3n) is 4.05. The maximum atomic E-state index is 12.8. The van der Waals surface area contributed by atoms with Gasteiger partial charge in [0.2, 0.25) is 11.6 Å². The fraction of sp³-hybridized carbons (Fsp3) is 0.263. The van der Waals surface area contributed by atoms with E-state index in [1.165, 1.54) is 6.33 Å². The van der Waals surface area contributed by atoms with Crippen molar-refractivity contribution < 1.29 is 18.7 Å². The summed E-state index contributed by atoms with van der Waals surface area (Å²) in [5, 5.41) is 3.33. The molecular formula is C19H18ClN3O5. The lowest BCUT2D eigenvalue weighted by Gasteiger charge is -2.07. The van der Waals surface area contributed by atoms with Crippen molar-refractivity contribution in [3.05, 3.63) is 62.9 Å². The maximum Gasteiger partial charge on any atom is 0.342 e. The Hall–Kier alpha value is -3.13. The Kier molecular flexibility index (Phi) is 5.79. The number of esters is 1. The number of nitrogens with one attached hydrogen (secondary N) is 1. The number of halogens is 1. The summed E-state index contributed by atoms with van der Waals surface area (Å²) >= 11 is 5.83.